The number of carbonyl (C=O) groups excluding carboxylic acids is 2. The number of thioether (sulfide) groups is 1. The van der Waals surface area contributed by atoms with Gasteiger partial charge in [0.1, 0.15) is 17.3 Å². The molecule has 11 heteroatoms. The monoisotopic (exact) mass is 485 g/mol. The molecule has 0 aliphatic heterocycles. The third-order valence-electron chi connectivity index (χ3n) is 4.52. The van der Waals surface area contributed by atoms with E-state index in [0.717, 1.165) is 11.3 Å². The molecule has 2 amide bonds. The predicted octanol–water partition coefficient (Wildman–Crippen LogP) is 5.21. The van der Waals surface area contributed by atoms with E-state index in [1.165, 1.54) is 49.1 Å². The van der Waals surface area contributed by atoms with E-state index in [0.29, 0.717) is 22.2 Å². The van der Waals surface area contributed by atoms with Gasteiger partial charge in [-0.25, -0.2) is 18.7 Å². The van der Waals surface area contributed by atoms with Crippen LogP contribution < -0.4 is 10.6 Å². The van der Waals surface area contributed by atoms with Gasteiger partial charge in [0.25, 0.3) is 5.91 Å². The highest BCUT2D eigenvalue weighted by Gasteiger charge is 2.19. The number of thiazole rings is 1. The largest absolute Gasteiger partial charge is 0.326 e. The summed E-state index contributed by atoms with van der Waals surface area (Å²) in [6.45, 7) is 1.34. The maximum absolute atomic E-state index is 14.5. The summed E-state index contributed by atoms with van der Waals surface area (Å²) in [6.07, 6.45) is 3.25. The normalized spacial score (nSPS) is 10.8. The van der Waals surface area contributed by atoms with Gasteiger partial charge in [-0.15, -0.1) is 11.3 Å². The van der Waals surface area contributed by atoms with E-state index in [2.05, 4.69) is 20.6 Å². The Kier molecular flexibility index (Phi) is 6.52. The number of hydrogen-bond donors (Lipinski definition) is 2. The van der Waals surface area contributed by atoms with Gasteiger partial charge in [0.2, 0.25) is 5.91 Å². The molecule has 2 heterocycles. The highest BCUT2D eigenvalue weighted by Crippen LogP contribution is 2.29. The number of imidazole rings is 1. The average molecular weight is 486 g/mol. The van der Waals surface area contributed by atoms with E-state index >= 15 is 0 Å². The van der Waals surface area contributed by atoms with Gasteiger partial charge in [0.15, 0.2) is 10.3 Å². The second-order valence-corrected chi connectivity index (χ2v) is 8.44. The standard InChI is InChI=1S/C22H17F2N5O2S2/c1-12(30)26-14-5-8-16(17(24)9-14)18-11-33-21(27-18)28-20(31)19-10-25-22(32-2)29(19)15-6-3-13(23)4-7-15/h3-11H,1-2H3,(H,26,30)(H,27,28,31). The molecule has 4 aromatic rings. The fourth-order valence-electron chi connectivity index (χ4n) is 3.10. The number of carbonyl (C=O) groups is 2. The number of nitrogens with one attached hydrogen (secondary N) is 2. The van der Waals surface area contributed by atoms with E-state index in [9.17, 15) is 18.4 Å². The first kappa shape index (κ1) is 22.6. The van der Waals surface area contributed by atoms with Gasteiger partial charge in [0, 0.05) is 29.2 Å². The van der Waals surface area contributed by atoms with Gasteiger partial charge in [0.05, 0.1) is 11.9 Å². The lowest BCUT2D eigenvalue weighted by Gasteiger charge is -2.10. The summed E-state index contributed by atoms with van der Waals surface area (Å²) in [6, 6.07) is 10.0. The smallest absolute Gasteiger partial charge is 0.276 e. The van der Waals surface area contributed by atoms with Crippen molar-refractivity contribution in [1.82, 2.24) is 14.5 Å². The fourth-order valence-corrected chi connectivity index (χ4v) is 4.35. The quantitative estimate of drug-likeness (QED) is 0.366. The Labute approximate surface area is 195 Å². The van der Waals surface area contributed by atoms with Gasteiger partial charge >= 0.3 is 0 Å². The molecule has 0 atom stereocenters. The number of amides is 2. The number of hydrogen-bond acceptors (Lipinski definition) is 6. The van der Waals surface area contributed by atoms with Crippen molar-refractivity contribution in [3.8, 4) is 16.9 Å². The van der Waals surface area contributed by atoms with Gasteiger partial charge in [-0.2, -0.15) is 0 Å². The maximum Gasteiger partial charge on any atom is 0.276 e. The minimum Gasteiger partial charge on any atom is -0.326 e. The summed E-state index contributed by atoms with van der Waals surface area (Å²) in [5.74, 6) is -1.70. The fraction of sp³-hybridized carbons (Fsp3) is 0.0909. The molecular weight excluding hydrogens is 468 g/mol. The molecule has 2 aromatic carbocycles. The Morgan fingerprint density at radius 3 is 2.52 bits per heavy atom. The molecule has 0 aliphatic rings. The molecule has 0 saturated heterocycles. The van der Waals surface area contributed by atoms with E-state index < -0.39 is 11.7 Å². The van der Waals surface area contributed by atoms with Crippen molar-refractivity contribution in [2.75, 3.05) is 16.9 Å². The van der Waals surface area contributed by atoms with Crippen LogP contribution in [-0.2, 0) is 4.79 Å². The van der Waals surface area contributed by atoms with E-state index in [4.69, 9.17) is 0 Å². The molecule has 0 fully saturated rings. The summed E-state index contributed by atoms with van der Waals surface area (Å²) in [4.78, 5) is 32.7. The molecule has 0 bridgehead atoms. The second kappa shape index (κ2) is 9.51. The Bertz CT molecular complexity index is 1340. The molecule has 33 heavy (non-hydrogen) atoms. The number of rotatable bonds is 6. The molecule has 2 aromatic heterocycles. The van der Waals surface area contributed by atoms with Crippen LogP contribution in [0, 0.1) is 11.6 Å². The lowest BCUT2D eigenvalue weighted by Crippen LogP contribution is -2.16. The van der Waals surface area contributed by atoms with Crippen LogP contribution in [-0.4, -0.2) is 32.6 Å². The van der Waals surface area contributed by atoms with Crippen LogP contribution in [0.1, 0.15) is 17.4 Å². The molecular formula is C22H17F2N5O2S2. The lowest BCUT2D eigenvalue weighted by molar-refractivity contribution is -0.114. The van der Waals surface area contributed by atoms with Crippen LogP contribution in [0.15, 0.2) is 59.2 Å². The first-order valence-corrected chi connectivity index (χ1v) is 11.7. The SMILES string of the molecule is CSc1ncc(C(=O)Nc2nc(-c3ccc(NC(C)=O)cc3F)cs2)n1-c1ccc(F)cc1. The van der Waals surface area contributed by atoms with Crippen LogP contribution in [0.2, 0.25) is 0 Å². The molecule has 0 unspecified atom stereocenters. The van der Waals surface area contributed by atoms with Crippen LogP contribution in [0.25, 0.3) is 16.9 Å². The van der Waals surface area contributed by atoms with Crippen LogP contribution >= 0.6 is 23.1 Å². The molecule has 0 spiro atoms. The van der Waals surface area contributed by atoms with Crippen molar-refractivity contribution in [2.45, 2.75) is 12.1 Å². The van der Waals surface area contributed by atoms with E-state index in [1.807, 2.05) is 6.26 Å². The zero-order chi connectivity index (χ0) is 23.5. The Balaban J connectivity index is 1.57. The van der Waals surface area contributed by atoms with Crippen molar-refractivity contribution in [3.63, 3.8) is 0 Å². The number of nitrogens with zero attached hydrogens (tertiary/aromatic N) is 3. The predicted molar refractivity (Wildman–Crippen MR) is 125 cm³/mol. The summed E-state index contributed by atoms with van der Waals surface area (Å²) in [7, 11) is 0. The highest BCUT2D eigenvalue weighted by atomic mass is 32.2. The first-order chi connectivity index (χ1) is 15.9. The number of aromatic nitrogens is 3. The zero-order valence-corrected chi connectivity index (χ0v) is 19.1. The Morgan fingerprint density at radius 1 is 1.09 bits per heavy atom. The summed E-state index contributed by atoms with van der Waals surface area (Å²) >= 11 is 2.49. The van der Waals surface area contributed by atoms with Crippen LogP contribution in [0.5, 0.6) is 0 Å². The van der Waals surface area contributed by atoms with Gasteiger partial charge in [-0.3, -0.25) is 19.5 Å². The molecule has 0 saturated carbocycles. The summed E-state index contributed by atoms with van der Waals surface area (Å²) < 4.78 is 29.5. The van der Waals surface area contributed by atoms with Crippen LogP contribution in [0.4, 0.5) is 19.6 Å². The number of anilines is 2. The molecule has 2 N–H and O–H groups in total. The first-order valence-electron chi connectivity index (χ1n) is 9.58. The van der Waals surface area contributed by atoms with Gasteiger partial charge in [-0.05, 0) is 48.7 Å². The van der Waals surface area contributed by atoms with Crippen molar-refractivity contribution >= 4 is 45.7 Å². The zero-order valence-electron chi connectivity index (χ0n) is 17.4. The molecule has 168 valence electrons. The van der Waals surface area contributed by atoms with E-state index in [-0.39, 0.29) is 28.1 Å². The summed E-state index contributed by atoms with van der Waals surface area (Å²) in [5, 5.41) is 7.69. The minimum atomic E-state index is -0.552. The average Bonchev–Trinajstić information content (AvgIpc) is 3.41. The number of halogens is 2. The van der Waals surface area contributed by atoms with Gasteiger partial charge < -0.3 is 5.32 Å². The Morgan fingerprint density at radius 2 is 1.85 bits per heavy atom. The third kappa shape index (κ3) is 4.94. The number of benzene rings is 2. The second-order valence-electron chi connectivity index (χ2n) is 6.81. The Hall–Kier alpha value is -3.57. The molecule has 0 aliphatic carbocycles. The lowest BCUT2D eigenvalue weighted by atomic mass is 10.1. The molecule has 0 radical (unpaired) electrons. The topological polar surface area (TPSA) is 88.9 Å². The molecule has 7 nitrogen and oxygen atoms in total. The van der Waals surface area contributed by atoms with Crippen molar-refractivity contribution < 1.29 is 18.4 Å². The minimum absolute atomic E-state index is 0.238. The van der Waals surface area contributed by atoms with Crippen molar-refractivity contribution in [3.05, 3.63) is 71.4 Å². The third-order valence-corrected chi connectivity index (χ3v) is 5.93. The highest BCUT2D eigenvalue weighted by molar-refractivity contribution is 7.98. The summed E-state index contributed by atoms with van der Waals surface area (Å²) in [5.41, 5.74) is 1.75. The van der Waals surface area contributed by atoms with Crippen molar-refractivity contribution in [2.24, 2.45) is 0 Å². The van der Waals surface area contributed by atoms with Crippen LogP contribution in [0.3, 0.4) is 0 Å². The van der Waals surface area contributed by atoms with Crippen molar-refractivity contribution in [1.29, 1.82) is 0 Å². The van der Waals surface area contributed by atoms with Gasteiger partial charge in [-0.1, -0.05) is 11.8 Å². The van der Waals surface area contributed by atoms with E-state index in [1.54, 1.807) is 28.1 Å². The maximum atomic E-state index is 14.5. The molecule has 4 rings (SSSR count).